The van der Waals surface area contributed by atoms with E-state index in [1.807, 2.05) is 5.38 Å². The van der Waals surface area contributed by atoms with Crippen molar-refractivity contribution in [3.8, 4) is 17.2 Å². The Bertz CT molecular complexity index is 1450. The molecule has 2 unspecified atom stereocenters. The summed E-state index contributed by atoms with van der Waals surface area (Å²) in [6.07, 6.45) is 1.57. The molecule has 12 heteroatoms. The minimum Gasteiger partial charge on any atom is -0.497 e. The highest BCUT2D eigenvalue weighted by Crippen LogP contribution is 2.41. The lowest BCUT2D eigenvalue weighted by Gasteiger charge is -2.32. The minimum atomic E-state index is -3.92. The molecule has 10 nitrogen and oxygen atoms in total. The zero-order valence-electron chi connectivity index (χ0n) is 23.3. The van der Waals surface area contributed by atoms with Crippen molar-refractivity contribution in [1.29, 1.82) is 0 Å². The largest absolute Gasteiger partial charge is 0.497 e. The van der Waals surface area contributed by atoms with Gasteiger partial charge in [0.2, 0.25) is 5.91 Å². The molecule has 0 radical (unpaired) electrons. The normalized spacial score (nSPS) is 22.1. The quantitative estimate of drug-likeness (QED) is 0.346. The average molecular weight is 615 g/mol. The highest BCUT2D eigenvalue weighted by atomic mass is 32.2. The van der Waals surface area contributed by atoms with Gasteiger partial charge in [0.05, 0.1) is 24.8 Å². The summed E-state index contributed by atoms with van der Waals surface area (Å²) in [5, 5.41) is 3.55. The maximum absolute atomic E-state index is 14.0. The molecule has 3 aromatic rings. The van der Waals surface area contributed by atoms with Crippen LogP contribution in [0.15, 0.2) is 65.4 Å². The number of hydroxylamine groups is 1. The van der Waals surface area contributed by atoms with Gasteiger partial charge in [-0.3, -0.25) is 9.59 Å². The number of rotatable bonds is 9. The number of hydrogen-bond donors (Lipinski definition) is 1. The molecular weight excluding hydrogens is 580 g/mol. The predicted octanol–water partition coefficient (Wildman–Crippen LogP) is 4.67. The van der Waals surface area contributed by atoms with Crippen molar-refractivity contribution in [1.82, 2.24) is 10.4 Å². The Kier molecular flexibility index (Phi) is 9.47. The first-order valence-corrected chi connectivity index (χ1v) is 16.4. The van der Waals surface area contributed by atoms with Crippen LogP contribution in [0.5, 0.6) is 17.2 Å². The maximum atomic E-state index is 14.0. The molecule has 1 aromatic heterocycles. The number of methoxy groups -OCH3 is 1. The third-order valence-corrected chi connectivity index (χ3v) is 10.8. The van der Waals surface area contributed by atoms with E-state index >= 15 is 0 Å². The number of carbonyl (C=O) groups excluding carboxylic acids is 2. The van der Waals surface area contributed by atoms with Crippen LogP contribution in [0.2, 0.25) is 0 Å². The Labute approximate surface area is 249 Å². The molecule has 3 heterocycles. The van der Waals surface area contributed by atoms with Crippen LogP contribution in [0, 0.1) is 0 Å². The second-order valence-corrected chi connectivity index (χ2v) is 13.5. The Hall–Kier alpha value is -3.45. The fourth-order valence-corrected chi connectivity index (χ4v) is 7.97. The lowest BCUT2D eigenvalue weighted by atomic mass is 9.90. The van der Waals surface area contributed by atoms with Gasteiger partial charge in [-0.1, -0.05) is 12.1 Å². The van der Waals surface area contributed by atoms with E-state index in [1.54, 1.807) is 72.0 Å². The van der Waals surface area contributed by atoms with Gasteiger partial charge >= 0.3 is 0 Å². The van der Waals surface area contributed by atoms with Crippen LogP contribution in [0.3, 0.4) is 0 Å². The van der Waals surface area contributed by atoms with Crippen molar-refractivity contribution >= 4 is 33.0 Å². The van der Waals surface area contributed by atoms with Crippen molar-refractivity contribution in [2.24, 2.45) is 0 Å². The van der Waals surface area contributed by atoms with Crippen LogP contribution < -0.4 is 15.0 Å². The summed E-state index contributed by atoms with van der Waals surface area (Å²) in [5.74, 6) is 0.692. The second-order valence-electron chi connectivity index (χ2n) is 10.3. The van der Waals surface area contributed by atoms with Crippen LogP contribution in [0.1, 0.15) is 48.0 Å². The van der Waals surface area contributed by atoms with Gasteiger partial charge in [0.1, 0.15) is 22.0 Å². The van der Waals surface area contributed by atoms with Gasteiger partial charge in [0.15, 0.2) is 16.1 Å². The summed E-state index contributed by atoms with van der Waals surface area (Å²) in [6, 6.07) is 15.5. The molecule has 2 fully saturated rings. The van der Waals surface area contributed by atoms with Crippen LogP contribution in [-0.4, -0.2) is 64.0 Å². The summed E-state index contributed by atoms with van der Waals surface area (Å²) in [6.45, 7) is 0.737. The van der Waals surface area contributed by atoms with E-state index in [1.165, 1.54) is 11.3 Å². The summed E-state index contributed by atoms with van der Waals surface area (Å²) in [4.78, 5) is 33.4. The number of amides is 2. The first-order chi connectivity index (χ1) is 20.3. The molecule has 5 rings (SSSR count). The van der Waals surface area contributed by atoms with E-state index in [0.29, 0.717) is 41.4 Å². The zero-order chi connectivity index (χ0) is 29.6. The lowest BCUT2D eigenvalue weighted by Crippen LogP contribution is -2.43. The number of ether oxygens (including phenoxy) is 3. The Balaban J connectivity index is 1.40. The van der Waals surface area contributed by atoms with Crippen molar-refractivity contribution in [2.75, 3.05) is 32.6 Å². The number of nitrogens with zero attached hydrogens (tertiary/aromatic N) is 1. The third-order valence-electron chi connectivity index (χ3n) is 7.63. The molecule has 0 bridgehead atoms. The summed E-state index contributed by atoms with van der Waals surface area (Å²) in [7, 11) is -2.34. The molecule has 224 valence electrons. The smallest absolute Gasteiger partial charge is 0.254 e. The zero-order valence-corrected chi connectivity index (χ0v) is 25.0. The van der Waals surface area contributed by atoms with E-state index in [4.69, 9.17) is 19.0 Å². The van der Waals surface area contributed by atoms with E-state index in [0.717, 1.165) is 12.8 Å². The van der Waals surface area contributed by atoms with Crippen molar-refractivity contribution in [3.63, 3.8) is 0 Å². The third kappa shape index (κ3) is 6.78. The fourth-order valence-electron chi connectivity index (χ4n) is 5.24. The Morgan fingerprint density at radius 2 is 1.74 bits per heavy atom. The van der Waals surface area contributed by atoms with Gasteiger partial charge in [0, 0.05) is 31.5 Å². The first kappa shape index (κ1) is 30.0. The van der Waals surface area contributed by atoms with Crippen LogP contribution >= 0.6 is 11.3 Å². The Morgan fingerprint density at radius 3 is 2.38 bits per heavy atom. The van der Waals surface area contributed by atoms with Gasteiger partial charge < -0.3 is 19.1 Å². The highest BCUT2D eigenvalue weighted by Gasteiger charge is 2.49. The summed E-state index contributed by atoms with van der Waals surface area (Å²) in [5.41, 5.74) is 3.38. The molecule has 2 aromatic carbocycles. The number of carbonyl (C=O) groups is 2. The van der Waals surface area contributed by atoms with Gasteiger partial charge in [-0.05, 0) is 72.7 Å². The minimum absolute atomic E-state index is 0.0332. The van der Waals surface area contributed by atoms with Crippen molar-refractivity contribution in [3.05, 3.63) is 76.5 Å². The molecule has 2 amide bonds. The SMILES string of the molecule is COc1ccc(Oc2ccc(C3(CC(=O)NOC4CCCCO4)CCN(C(=O)c4ccsc4)CCS3(=O)=O)cc2)cc1. The Morgan fingerprint density at radius 1 is 1.02 bits per heavy atom. The molecule has 2 aliphatic rings. The highest BCUT2D eigenvalue weighted by molar-refractivity contribution is 7.92. The molecule has 1 N–H and O–H groups in total. The number of nitrogens with one attached hydrogen (secondary N) is 1. The summed E-state index contributed by atoms with van der Waals surface area (Å²) >= 11 is 1.40. The van der Waals surface area contributed by atoms with Crippen LogP contribution in [0.25, 0.3) is 0 Å². The molecule has 2 atom stereocenters. The van der Waals surface area contributed by atoms with E-state index in [-0.39, 0.29) is 37.6 Å². The maximum Gasteiger partial charge on any atom is 0.254 e. The van der Waals surface area contributed by atoms with Gasteiger partial charge in [-0.25, -0.2) is 18.7 Å². The monoisotopic (exact) mass is 614 g/mol. The molecule has 0 aliphatic carbocycles. The van der Waals surface area contributed by atoms with E-state index in [9.17, 15) is 18.0 Å². The predicted molar refractivity (Wildman–Crippen MR) is 157 cm³/mol. The van der Waals surface area contributed by atoms with Crippen LogP contribution in [-0.2, 0) is 29.0 Å². The lowest BCUT2D eigenvalue weighted by molar-refractivity contribution is -0.200. The van der Waals surface area contributed by atoms with Gasteiger partial charge in [-0.2, -0.15) is 11.3 Å². The van der Waals surface area contributed by atoms with Gasteiger partial charge in [-0.15, -0.1) is 0 Å². The number of benzene rings is 2. The van der Waals surface area contributed by atoms with E-state index < -0.39 is 26.8 Å². The average Bonchev–Trinajstić information content (AvgIpc) is 3.51. The first-order valence-electron chi connectivity index (χ1n) is 13.8. The molecule has 2 aliphatic heterocycles. The second kappa shape index (κ2) is 13.2. The fraction of sp³-hybridized carbons (Fsp3) is 0.400. The standard InChI is InChI=1S/C30H34N2O8S2/c1-37-24-9-11-26(12-10-24)39-25-7-5-23(6-8-25)30(20-27(33)31-40-28-4-2-3-17-38-28)14-15-32(16-19-42(30,35)36)29(34)22-13-18-41-21-22/h5-13,18,21,28H,2-4,14-17,19-20H2,1H3,(H,31,33). The topological polar surface area (TPSA) is 120 Å². The molecular formula is C30H34N2O8S2. The van der Waals surface area contributed by atoms with Gasteiger partial charge in [0.25, 0.3) is 5.91 Å². The van der Waals surface area contributed by atoms with E-state index in [2.05, 4.69) is 5.48 Å². The van der Waals surface area contributed by atoms with Crippen molar-refractivity contribution < 1.29 is 37.1 Å². The number of thiophene rings is 1. The number of hydrogen-bond acceptors (Lipinski definition) is 9. The van der Waals surface area contributed by atoms with Crippen LogP contribution in [0.4, 0.5) is 0 Å². The molecule has 0 saturated carbocycles. The summed E-state index contributed by atoms with van der Waals surface area (Å²) < 4.78 is 43.1. The molecule has 0 spiro atoms. The molecule has 2 saturated heterocycles. The molecule has 42 heavy (non-hydrogen) atoms. The van der Waals surface area contributed by atoms with Crippen molar-refractivity contribution in [2.45, 2.75) is 43.1 Å². The number of sulfone groups is 1.